The number of nitrogens with one attached hydrogen (secondary N) is 1. The predicted octanol–water partition coefficient (Wildman–Crippen LogP) is 3.22. The number of piperidine rings is 1. The number of rotatable bonds is 2. The number of para-hydroxylation sites is 1. The molecule has 2 nitrogen and oxygen atoms in total. The van der Waals surface area contributed by atoms with Gasteiger partial charge in [-0.1, -0.05) is 32.0 Å². The Morgan fingerprint density at radius 1 is 1.32 bits per heavy atom. The van der Waals surface area contributed by atoms with E-state index < -0.39 is 0 Å². The van der Waals surface area contributed by atoms with Crippen molar-refractivity contribution in [3.8, 4) is 0 Å². The van der Waals surface area contributed by atoms with Gasteiger partial charge in [-0.3, -0.25) is 0 Å². The number of benzene rings is 1. The fraction of sp³-hybridized carbons (Fsp3) is 0.647. The van der Waals surface area contributed by atoms with Crippen molar-refractivity contribution in [1.82, 2.24) is 5.32 Å². The van der Waals surface area contributed by atoms with E-state index in [9.17, 15) is 0 Å². The van der Waals surface area contributed by atoms with Crippen LogP contribution < -0.4 is 10.2 Å². The average molecular weight is 258 g/mol. The van der Waals surface area contributed by atoms with Crippen LogP contribution in [0.25, 0.3) is 0 Å². The summed E-state index contributed by atoms with van der Waals surface area (Å²) >= 11 is 0. The lowest BCUT2D eigenvalue weighted by Crippen LogP contribution is -2.53. The molecule has 0 aromatic heterocycles. The zero-order chi connectivity index (χ0) is 13.5. The van der Waals surface area contributed by atoms with Crippen LogP contribution in [0.4, 0.5) is 5.69 Å². The van der Waals surface area contributed by atoms with Crippen molar-refractivity contribution in [3.05, 3.63) is 29.8 Å². The van der Waals surface area contributed by atoms with E-state index in [0.717, 1.165) is 6.54 Å². The smallest absolute Gasteiger partial charge is 0.0402 e. The molecule has 2 atom stereocenters. The van der Waals surface area contributed by atoms with Crippen LogP contribution in [0.1, 0.15) is 39.2 Å². The highest BCUT2D eigenvalue weighted by Gasteiger charge is 2.36. The lowest BCUT2D eigenvalue weighted by Gasteiger charge is -2.42. The summed E-state index contributed by atoms with van der Waals surface area (Å²) in [6.45, 7) is 9.51. The Hall–Kier alpha value is -1.02. The van der Waals surface area contributed by atoms with Crippen LogP contribution in [-0.2, 0) is 6.42 Å². The summed E-state index contributed by atoms with van der Waals surface area (Å²) in [6.07, 6.45) is 3.85. The Labute approximate surface area is 117 Å². The standard InChI is InChI=1S/C17H26N2/c1-13-11-14-7-4-5-8-15(14)19(13)12-16-17(2,3)9-6-10-18-16/h4-5,7-8,13,16,18H,6,9-12H2,1-3H3. The predicted molar refractivity (Wildman–Crippen MR) is 81.8 cm³/mol. The Kier molecular flexibility index (Phi) is 3.30. The van der Waals surface area contributed by atoms with Crippen molar-refractivity contribution < 1.29 is 0 Å². The largest absolute Gasteiger partial charge is 0.367 e. The lowest BCUT2D eigenvalue weighted by atomic mass is 9.77. The molecule has 1 aromatic carbocycles. The molecule has 0 aliphatic carbocycles. The molecule has 1 fully saturated rings. The third-order valence-corrected chi connectivity index (χ3v) is 5.06. The number of anilines is 1. The Morgan fingerprint density at radius 2 is 2.11 bits per heavy atom. The topological polar surface area (TPSA) is 15.3 Å². The van der Waals surface area contributed by atoms with Gasteiger partial charge in [0.1, 0.15) is 0 Å². The molecule has 2 heterocycles. The molecule has 0 bridgehead atoms. The molecule has 3 rings (SSSR count). The van der Waals surface area contributed by atoms with Crippen LogP contribution >= 0.6 is 0 Å². The lowest BCUT2D eigenvalue weighted by molar-refractivity contribution is 0.181. The van der Waals surface area contributed by atoms with Gasteiger partial charge in [0.15, 0.2) is 0 Å². The Bertz CT molecular complexity index is 452. The van der Waals surface area contributed by atoms with Crippen LogP contribution in [-0.4, -0.2) is 25.2 Å². The fourth-order valence-electron chi connectivity index (χ4n) is 3.69. The second kappa shape index (κ2) is 4.82. The first-order chi connectivity index (χ1) is 9.08. The molecule has 0 saturated carbocycles. The minimum atomic E-state index is 0.412. The van der Waals surface area contributed by atoms with Crippen LogP contribution in [0.2, 0.25) is 0 Å². The minimum Gasteiger partial charge on any atom is -0.367 e. The normalized spacial score (nSPS) is 29.3. The van der Waals surface area contributed by atoms with Gasteiger partial charge in [-0.05, 0) is 49.8 Å². The van der Waals surface area contributed by atoms with Gasteiger partial charge < -0.3 is 10.2 Å². The second-order valence-electron chi connectivity index (χ2n) is 6.93. The van der Waals surface area contributed by atoms with E-state index in [1.54, 1.807) is 0 Å². The monoisotopic (exact) mass is 258 g/mol. The summed E-state index contributed by atoms with van der Waals surface area (Å²) in [5.74, 6) is 0. The summed E-state index contributed by atoms with van der Waals surface area (Å²) in [4.78, 5) is 2.61. The molecular weight excluding hydrogens is 232 g/mol. The van der Waals surface area contributed by atoms with E-state index in [0.29, 0.717) is 17.5 Å². The molecule has 2 unspecified atom stereocenters. The highest BCUT2D eigenvalue weighted by Crippen LogP contribution is 2.36. The SMILES string of the molecule is CC1Cc2ccccc2N1CC1NCCCC1(C)C. The molecule has 19 heavy (non-hydrogen) atoms. The highest BCUT2D eigenvalue weighted by atomic mass is 15.2. The van der Waals surface area contributed by atoms with Crippen molar-refractivity contribution in [2.45, 2.75) is 52.1 Å². The fourth-order valence-corrected chi connectivity index (χ4v) is 3.69. The van der Waals surface area contributed by atoms with Crippen molar-refractivity contribution in [2.75, 3.05) is 18.0 Å². The molecule has 1 saturated heterocycles. The van der Waals surface area contributed by atoms with Crippen LogP contribution in [0.5, 0.6) is 0 Å². The third-order valence-electron chi connectivity index (χ3n) is 5.06. The van der Waals surface area contributed by atoms with Gasteiger partial charge in [-0.25, -0.2) is 0 Å². The molecule has 104 valence electrons. The zero-order valence-corrected chi connectivity index (χ0v) is 12.4. The average Bonchev–Trinajstić information content (AvgIpc) is 2.68. The van der Waals surface area contributed by atoms with Gasteiger partial charge in [0.05, 0.1) is 0 Å². The van der Waals surface area contributed by atoms with Crippen molar-refractivity contribution in [2.24, 2.45) is 5.41 Å². The number of hydrogen-bond acceptors (Lipinski definition) is 2. The number of hydrogen-bond donors (Lipinski definition) is 1. The van der Waals surface area contributed by atoms with E-state index in [1.807, 2.05) is 0 Å². The maximum Gasteiger partial charge on any atom is 0.0402 e. The van der Waals surface area contributed by atoms with Crippen LogP contribution in [0, 0.1) is 5.41 Å². The van der Waals surface area contributed by atoms with E-state index in [2.05, 4.69) is 55.3 Å². The Balaban J connectivity index is 1.79. The summed E-state index contributed by atoms with van der Waals surface area (Å²) in [5.41, 5.74) is 3.39. The van der Waals surface area contributed by atoms with Gasteiger partial charge in [-0.15, -0.1) is 0 Å². The van der Waals surface area contributed by atoms with E-state index in [-0.39, 0.29) is 0 Å². The van der Waals surface area contributed by atoms with Crippen molar-refractivity contribution >= 4 is 5.69 Å². The summed E-state index contributed by atoms with van der Waals surface area (Å²) in [5, 5.41) is 3.75. The number of nitrogens with zero attached hydrogens (tertiary/aromatic N) is 1. The molecule has 1 aromatic rings. The van der Waals surface area contributed by atoms with Gasteiger partial charge in [0.25, 0.3) is 0 Å². The zero-order valence-electron chi connectivity index (χ0n) is 12.4. The van der Waals surface area contributed by atoms with Gasteiger partial charge in [-0.2, -0.15) is 0 Å². The summed E-state index contributed by atoms with van der Waals surface area (Å²) < 4.78 is 0. The first kappa shape index (κ1) is 13.0. The highest BCUT2D eigenvalue weighted by molar-refractivity contribution is 5.59. The molecule has 2 heteroatoms. The van der Waals surface area contributed by atoms with Crippen LogP contribution in [0.3, 0.4) is 0 Å². The molecular formula is C17H26N2. The van der Waals surface area contributed by atoms with E-state index >= 15 is 0 Å². The molecule has 0 spiro atoms. The maximum atomic E-state index is 3.75. The van der Waals surface area contributed by atoms with Crippen LogP contribution in [0.15, 0.2) is 24.3 Å². The first-order valence-electron chi connectivity index (χ1n) is 7.66. The second-order valence-corrected chi connectivity index (χ2v) is 6.93. The maximum absolute atomic E-state index is 3.75. The van der Waals surface area contributed by atoms with Gasteiger partial charge in [0.2, 0.25) is 0 Å². The van der Waals surface area contributed by atoms with E-state index in [4.69, 9.17) is 0 Å². The van der Waals surface area contributed by atoms with E-state index in [1.165, 1.54) is 37.1 Å². The molecule has 0 radical (unpaired) electrons. The molecule has 1 N–H and O–H groups in total. The molecule has 0 amide bonds. The number of fused-ring (bicyclic) bond motifs is 1. The van der Waals surface area contributed by atoms with Crippen molar-refractivity contribution in [3.63, 3.8) is 0 Å². The van der Waals surface area contributed by atoms with Gasteiger partial charge in [0, 0.05) is 24.3 Å². The Morgan fingerprint density at radius 3 is 2.89 bits per heavy atom. The summed E-state index contributed by atoms with van der Waals surface area (Å²) in [6, 6.07) is 10.1. The van der Waals surface area contributed by atoms with Gasteiger partial charge >= 0.3 is 0 Å². The summed E-state index contributed by atoms with van der Waals surface area (Å²) in [7, 11) is 0. The molecule has 2 aliphatic heterocycles. The quantitative estimate of drug-likeness (QED) is 0.876. The third kappa shape index (κ3) is 2.38. The van der Waals surface area contributed by atoms with Crippen molar-refractivity contribution in [1.29, 1.82) is 0 Å². The molecule has 2 aliphatic rings. The first-order valence-corrected chi connectivity index (χ1v) is 7.66. The minimum absolute atomic E-state index is 0.412.